The summed E-state index contributed by atoms with van der Waals surface area (Å²) in [5, 5.41) is 7.73. The van der Waals surface area contributed by atoms with Crippen LogP contribution in [0.1, 0.15) is 5.56 Å². The minimum atomic E-state index is 0.366. The Morgan fingerprint density at radius 1 is 1.18 bits per heavy atom. The number of nitrogens with one attached hydrogen (secondary N) is 1. The van der Waals surface area contributed by atoms with Crippen LogP contribution < -0.4 is 10.1 Å². The zero-order valence-corrected chi connectivity index (χ0v) is 12.7. The number of rotatable bonds is 5. The third-order valence-electron chi connectivity index (χ3n) is 3.11. The lowest BCUT2D eigenvalue weighted by atomic mass is 10.2. The fraction of sp³-hybridized carbons (Fsp3) is 0.125. The average Bonchev–Trinajstić information content (AvgIpc) is 3.02. The van der Waals surface area contributed by atoms with Gasteiger partial charge in [0.25, 0.3) is 0 Å². The number of hydrogen-bond acceptors (Lipinski definition) is 5. The van der Waals surface area contributed by atoms with E-state index < -0.39 is 0 Å². The lowest BCUT2D eigenvalue weighted by Crippen LogP contribution is -1.99. The summed E-state index contributed by atoms with van der Waals surface area (Å²) in [6.07, 6.45) is 0. The van der Waals surface area contributed by atoms with Crippen molar-refractivity contribution in [3.05, 3.63) is 59.1 Å². The van der Waals surface area contributed by atoms with Crippen LogP contribution in [-0.4, -0.2) is 17.3 Å². The average molecular weight is 316 g/mol. The Hall–Kier alpha value is -2.53. The third kappa shape index (κ3) is 3.38. The molecule has 0 unspecified atom stereocenters. The van der Waals surface area contributed by atoms with E-state index in [4.69, 9.17) is 20.9 Å². The van der Waals surface area contributed by atoms with E-state index in [9.17, 15) is 0 Å². The molecule has 5 nitrogen and oxygen atoms in total. The zero-order valence-electron chi connectivity index (χ0n) is 11.9. The first-order valence-electron chi connectivity index (χ1n) is 6.71. The Balaban J connectivity index is 1.68. The van der Waals surface area contributed by atoms with Gasteiger partial charge in [0.05, 0.1) is 7.11 Å². The Morgan fingerprint density at radius 3 is 2.73 bits per heavy atom. The first-order valence-corrected chi connectivity index (χ1v) is 7.09. The molecule has 3 aromatic rings. The molecule has 0 radical (unpaired) electrons. The number of nitrogens with zero attached hydrogens (tertiary/aromatic N) is 2. The monoisotopic (exact) mass is 315 g/mol. The van der Waals surface area contributed by atoms with E-state index in [-0.39, 0.29) is 0 Å². The van der Waals surface area contributed by atoms with Gasteiger partial charge < -0.3 is 14.6 Å². The lowest BCUT2D eigenvalue weighted by molar-refractivity contribution is 0.415. The molecule has 0 fully saturated rings. The standard InChI is InChI=1S/C16H14ClN3O2/c1-21-14-7-5-12(6-8-14)15-19-16(22-20-15)18-10-11-3-2-4-13(17)9-11/h2-9H,10H2,1H3,(H,18,19,20). The van der Waals surface area contributed by atoms with E-state index in [1.807, 2.05) is 48.5 Å². The molecule has 6 heteroatoms. The van der Waals surface area contributed by atoms with Crippen LogP contribution in [-0.2, 0) is 6.54 Å². The molecule has 1 heterocycles. The fourth-order valence-corrected chi connectivity index (χ4v) is 2.19. The molecular weight excluding hydrogens is 302 g/mol. The highest BCUT2D eigenvalue weighted by Gasteiger charge is 2.08. The molecule has 2 aromatic carbocycles. The topological polar surface area (TPSA) is 60.2 Å². The van der Waals surface area contributed by atoms with Gasteiger partial charge in [0.2, 0.25) is 5.82 Å². The van der Waals surface area contributed by atoms with Gasteiger partial charge in [-0.2, -0.15) is 4.98 Å². The Kier molecular flexibility index (Phi) is 4.25. The highest BCUT2D eigenvalue weighted by molar-refractivity contribution is 6.30. The molecule has 0 atom stereocenters. The molecule has 1 N–H and O–H groups in total. The number of aromatic nitrogens is 2. The molecule has 0 aliphatic rings. The van der Waals surface area contributed by atoms with Crippen molar-refractivity contribution in [2.75, 3.05) is 12.4 Å². The van der Waals surface area contributed by atoms with Gasteiger partial charge in [-0.1, -0.05) is 28.9 Å². The second kappa shape index (κ2) is 6.49. The second-order valence-corrected chi connectivity index (χ2v) is 5.07. The van der Waals surface area contributed by atoms with Crippen LogP contribution in [0.25, 0.3) is 11.4 Å². The summed E-state index contributed by atoms with van der Waals surface area (Å²) in [5.41, 5.74) is 1.90. The van der Waals surface area contributed by atoms with Crippen LogP contribution in [0.15, 0.2) is 53.1 Å². The van der Waals surface area contributed by atoms with Gasteiger partial charge in [0, 0.05) is 17.1 Å². The molecule has 0 saturated carbocycles. The molecule has 0 saturated heterocycles. The third-order valence-corrected chi connectivity index (χ3v) is 3.34. The summed E-state index contributed by atoms with van der Waals surface area (Å²) in [6.45, 7) is 0.560. The van der Waals surface area contributed by atoms with E-state index in [1.54, 1.807) is 7.11 Å². The summed E-state index contributed by atoms with van der Waals surface area (Å²) in [7, 11) is 1.63. The molecular formula is C16H14ClN3O2. The Morgan fingerprint density at radius 2 is 2.00 bits per heavy atom. The van der Waals surface area contributed by atoms with E-state index in [0.29, 0.717) is 23.4 Å². The minimum absolute atomic E-state index is 0.366. The Bertz CT molecular complexity index is 756. The van der Waals surface area contributed by atoms with Crippen molar-refractivity contribution in [3.8, 4) is 17.1 Å². The minimum Gasteiger partial charge on any atom is -0.497 e. The van der Waals surface area contributed by atoms with Crippen molar-refractivity contribution in [2.24, 2.45) is 0 Å². The van der Waals surface area contributed by atoms with Gasteiger partial charge in [-0.15, -0.1) is 0 Å². The van der Waals surface area contributed by atoms with Gasteiger partial charge in [0.1, 0.15) is 5.75 Å². The summed E-state index contributed by atoms with van der Waals surface area (Å²) >= 11 is 5.95. The molecule has 112 valence electrons. The van der Waals surface area contributed by atoms with Gasteiger partial charge in [-0.3, -0.25) is 0 Å². The number of anilines is 1. The van der Waals surface area contributed by atoms with Crippen molar-refractivity contribution in [3.63, 3.8) is 0 Å². The van der Waals surface area contributed by atoms with Gasteiger partial charge in [-0.25, -0.2) is 0 Å². The quantitative estimate of drug-likeness (QED) is 0.770. The van der Waals surface area contributed by atoms with Crippen LogP contribution in [0.2, 0.25) is 5.02 Å². The van der Waals surface area contributed by atoms with Gasteiger partial charge in [0.15, 0.2) is 0 Å². The maximum Gasteiger partial charge on any atom is 0.322 e. The van der Waals surface area contributed by atoms with E-state index in [0.717, 1.165) is 16.9 Å². The normalized spacial score (nSPS) is 10.5. The molecule has 0 amide bonds. The largest absolute Gasteiger partial charge is 0.497 e. The van der Waals surface area contributed by atoms with Crippen LogP contribution in [0.4, 0.5) is 6.01 Å². The predicted molar refractivity (Wildman–Crippen MR) is 85.1 cm³/mol. The summed E-state index contributed by atoms with van der Waals surface area (Å²) in [5.74, 6) is 1.31. The van der Waals surface area contributed by atoms with Gasteiger partial charge in [-0.05, 0) is 42.0 Å². The molecule has 0 aliphatic carbocycles. The highest BCUT2D eigenvalue weighted by Crippen LogP contribution is 2.21. The first-order chi connectivity index (χ1) is 10.7. The van der Waals surface area contributed by atoms with Crippen LogP contribution in [0.5, 0.6) is 5.75 Å². The maximum absolute atomic E-state index is 5.95. The summed E-state index contributed by atoms with van der Waals surface area (Å²) < 4.78 is 10.3. The van der Waals surface area contributed by atoms with Crippen molar-refractivity contribution in [1.82, 2.24) is 10.1 Å². The first kappa shape index (κ1) is 14.4. The second-order valence-electron chi connectivity index (χ2n) is 4.64. The predicted octanol–water partition coefficient (Wildman–Crippen LogP) is 4.01. The van der Waals surface area contributed by atoms with Crippen molar-refractivity contribution >= 4 is 17.6 Å². The fourth-order valence-electron chi connectivity index (χ4n) is 1.98. The molecule has 1 aromatic heterocycles. The molecule has 0 bridgehead atoms. The van der Waals surface area contributed by atoms with Crippen molar-refractivity contribution in [2.45, 2.75) is 6.54 Å². The molecule has 22 heavy (non-hydrogen) atoms. The number of hydrogen-bond donors (Lipinski definition) is 1. The lowest BCUT2D eigenvalue weighted by Gasteiger charge is -2.01. The zero-order chi connectivity index (χ0) is 15.4. The smallest absolute Gasteiger partial charge is 0.322 e. The van der Waals surface area contributed by atoms with Gasteiger partial charge >= 0.3 is 6.01 Å². The van der Waals surface area contributed by atoms with Crippen LogP contribution in [0, 0.1) is 0 Å². The SMILES string of the molecule is COc1ccc(-c2noc(NCc3cccc(Cl)c3)n2)cc1. The summed E-state index contributed by atoms with van der Waals surface area (Å²) in [6, 6.07) is 15.4. The number of benzene rings is 2. The van der Waals surface area contributed by atoms with E-state index in [1.165, 1.54) is 0 Å². The maximum atomic E-state index is 5.95. The van der Waals surface area contributed by atoms with Crippen LogP contribution in [0.3, 0.4) is 0 Å². The van der Waals surface area contributed by atoms with Crippen LogP contribution >= 0.6 is 11.6 Å². The molecule has 0 spiro atoms. The number of halogens is 1. The Labute approximate surface area is 132 Å². The summed E-state index contributed by atoms with van der Waals surface area (Å²) in [4.78, 5) is 4.31. The van der Waals surface area contributed by atoms with Crippen molar-refractivity contribution in [1.29, 1.82) is 0 Å². The van der Waals surface area contributed by atoms with E-state index >= 15 is 0 Å². The highest BCUT2D eigenvalue weighted by atomic mass is 35.5. The molecule has 3 rings (SSSR count). The van der Waals surface area contributed by atoms with E-state index in [2.05, 4.69) is 15.5 Å². The number of methoxy groups -OCH3 is 1. The molecule has 0 aliphatic heterocycles. The number of ether oxygens (including phenoxy) is 1. The van der Waals surface area contributed by atoms with Crippen molar-refractivity contribution < 1.29 is 9.26 Å².